The van der Waals surface area contributed by atoms with Crippen LogP contribution in [0.3, 0.4) is 0 Å². The number of nitrogens with two attached hydrogens (primary N) is 1. The Bertz CT molecular complexity index is 1090. The number of carbonyl (C=O) groups excluding carboxylic acids is 1. The lowest BCUT2D eigenvalue weighted by Gasteiger charge is -2.18. The van der Waals surface area contributed by atoms with Crippen LogP contribution in [-0.2, 0) is 4.79 Å². The molecular formula is C24H29N5O. The van der Waals surface area contributed by atoms with E-state index in [9.17, 15) is 4.79 Å². The number of nitrogen functional groups attached to an aromatic ring is 1. The van der Waals surface area contributed by atoms with E-state index < -0.39 is 0 Å². The molecule has 6 nitrogen and oxygen atoms in total. The molecule has 2 heterocycles. The number of aromatic nitrogens is 2. The molecule has 0 unspecified atom stereocenters. The monoisotopic (exact) mass is 403 g/mol. The molecule has 4 rings (SSSR count). The molecule has 0 bridgehead atoms. The Balaban J connectivity index is 1.96. The maximum absolute atomic E-state index is 12.3. The molecule has 2 aromatic rings. The number of allylic oxidation sites excluding steroid dienone is 4. The molecule has 156 valence electrons. The predicted molar refractivity (Wildman–Crippen MR) is 124 cm³/mol. The number of carbonyl (C=O) groups is 1. The summed E-state index contributed by atoms with van der Waals surface area (Å²) < 4.78 is 0. The highest BCUT2D eigenvalue weighted by Gasteiger charge is 2.30. The van der Waals surface area contributed by atoms with Crippen molar-refractivity contribution in [3.8, 4) is 0 Å². The fourth-order valence-corrected chi connectivity index (χ4v) is 3.98. The number of hydrogen-bond acceptors (Lipinski definition) is 5. The smallest absolute Gasteiger partial charge is 0.228 e. The van der Waals surface area contributed by atoms with Gasteiger partial charge >= 0.3 is 0 Å². The fourth-order valence-electron chi connectivity index (χ4n) is 3.98. The molecule has 0 radical (unpaired) electrons. The van der Waals surface area contributed by atoms with Crippen molar-refractivity contribution in [1.82, 2.24) is 9.97 Å². The van der Waals surface area contributed by atoms with Crippen LogP contribution in [0.15, 0.2) is 28.9 Å². The van der Waals surface area contributed by atoms with Gasteiger partial charge in [-0.1, -0.05) is 18.6 Å². The van der Waals surface area contributed by atoms with Crippen LogP contribution < -0.4 is 11.1 Å². The molecule has 6 heteroatoms. The van der Waals surface area contributed by atoms with Crippen molar-refractivity contribution in [1.29, 1.82) is 0 Å². The Morgan fingerprint density at radius 1 is 1.37 bits per heavy atom. The van der Waals surface area contributed by atoms with Crippen LogP contribution in [0.5, 0.6) is 0 Å². The molecule has 0 aliphatic heterocycles. The lowest BCUT2D eigenvalue weighted by Crippen LogP contribution is -2.14. The van der Waals surface area contributed by atoms with Crippen molar-refractivity contribution in [2.45, 2.75) is 52.4 Å². The largest absolute Gasteiger partial charge is 0.383 e. The Morgan fingerprint density at radius 2 is 2.17 bits per heavy atom. The van der Waals surface area contributed by atoms with Crippen LogP contribution in [0.1, 0.15) is 63.6 Å². The number of fused-ring (bicyclic) bond motifs is 1. The zero-order valence-corrected chi connectivity index (χ0v) is 18.0. The van der Waals surface area contributed by atoms with Crippen LogP contribution in [0.25, 0.3) is 21.9 Å². The number of nitrogens with one attached hydrogen (secondary N) is 1. The quantitative estimate of drug-likeness (QED) is 0.663. The van der Waals surface area contributed by atoms with E-state index in [0.29, 0.717) is 11.6 Å². The molecule has 0 saturated heterocycles. The van der Waals surface area contributed by atoms with Gasteiger partial charge in [0.2, 0.25) is 5.91 Å². The van der Waals surface area contributed by atoms with E-state index in [1.807, 2.05) is 12.3 Å². The van der Waals surface area contributed by atoms with Gasteiger partial charge in [0, 0.05) is 47.3 Å². The molecular weight excluding hydrogens is 374 g/mol. The van der Waals surface area contributed by atoms with Gasteiger partial charge in [0.15, 0.2) is 0 Å². The molecule has 30 heavy (non-hydrogen) atoms. The van der Waals surface area contributed by atoms with E-state index in [0.717, 1.165) is 66.1 Å². The number of amides is 1. The molecule has 1 fully saturated rings. The number of hydrogen-bond donors (Lipinski definition) is 2. The maximum atomic E-state index is 12.3. The summed E-state index contributed by atoms with van der Waals surface area (Å²) in [6.07, 6.45) is 11.9. The average Bonchev–Trinajstić information content (AvgIpc) is 3.47. The molecule has 2 aromatic heterocycles. The summed E-state index contributed by atoms with van der Waals surface area (Å²) in [5.41, 5.74) is 11.8. The highest BCUT2D eigenvalue weighted by Crippen LogP contribution is 2.40. The minimum absolute atomic E-state index is 0.0475. The standard InChI is InChI=1S/C24H29N5O/c1-4-14(2)18(12-26-3)22-21(15-7-5-6-8-15)17-11-20(28-24(30)16-9-10-16)27-13-19(17)23(25)29-22/h7,11-13,16H,4-6,8-10H2,1-3H3,(H2,25,29)(H,27,28,30)/b18-14+,26-12?. The van der Waals surface area contributed by atoms with Crippen LogP contribution in [0.2, 0.25) is 0 Å². The van der Waals surface area contributed by atoms with Gasteiger partial charge in [0.1, 0.15) is 11.6 Å². The highest BCUT2D eigenvalue weighted by atomic mass is 16.2. The molecule has 0 spiro atoms. The molecule has 3 N–H and O–H groups in total. The lowest BCUT2D eigenvalue weighted by molar-refractivity contribution is -0.117. The van der Waals surface area contributed by atoms with E-state index in [1.54, 1.807) is 13.2 Å². The molecule has 1 amide bonds. The molecule has 1 saturated carbocycles. The minimum atomic E-state index is 0.0475. The first kappa shape index (κ1) is 20.3. The van der Waals surface area contributed by atoms with Crippen molar-refractivity contribution in [3.05, 3.63) is 35.2 Å². The topological polar surface area (TPSA) is 93.3 Å². The van der Waals surface area contributed by atoms with Gasteiger partial charge in [0.05, 0.1) is 5.69 Å². The summed E-state index contributed by atoms with van der Waals surface area (Å²) in [5, 5.41) is 4.77. The van der Waals surface area contributed by atoms with Gasteiger partial charge < -0.3 is 11.1 Å². The summed E-state index contributed by atoms with van der Waals surface area (Å²) in [5.74, 6) is 1.19. The summed E-state index contributed by atoms with van der Waals surface area (Å²) in [4.78, 5) is 25.8. The van der Waals surface area contributed by atoms with Crippen molar-refractivity contribution < 1.29 is 4.79 Å². The molecule has 0 atom stereocenters. The first-order valence-corrected chi connectivity index (χ1v) is 10.7. The fraction of sp³-hybridized carbons (Fsp3) is 0.417. The highest BCUT2D eigenvalue weighted by molar-refractivity contribution is 6.15. The number of aliphatic imine (C=N–C) groups is 1. The third kappa shape index (κ3) is 3.86. The number of anilines is 2. The Morgan fingerprint density at radius 3 is 2.80 bits per heavy atom. The van der Waals surface area contributed by atoms with Gasteiger partial charge in [-0.25, -0.2) is 9.97 Å². The van der Waals surface area contributed by atoms with Crippen LogP contribution in [-0.4, -0.2) is 29.1 Å². The van der Waals surface area contributed by atoms with Crippen molar-refractivity contribution in [3.63, 3.8) is 0 Å². The first-order valence-electron chi connectivity index (χ1n) is 10.7. The zero-order chi connectivity index (χ0) is 21.3. The first-order chi connectivity index (χ1) is 14.5. The third-order valence-corrected chi connectivity index (χ3v) is 5.98. The van der Waals surface area contributed by atoms with Crippen LogP contribution >= 0.6 is 0 Å². The van der Waals surface area contributed by atoms with Gasteiger partial charge in [0.25, 0.3) is 0 Å². The zero-order valence-electron chi connectivity index (χ0n) is 18.0. The summed E-state index contributed by atoms with van der Waals surface area (Å²) in [6.45, 7) is 4.24. The van der Waals surface area contributed by atoms with Crippen LogP contribution in [0.4, 0.5) is 11.6 Å². The van der Waals surface area contributed by atoms with E-state index in [2.05, 4.69) is 35.2 Å². The average molecular weight is 404 g/mol. The Labute approximate surface area is 177 Å². The minimum Gasteiger partial charge on any atom is -0.383 e. The van der Waals surface area contributed by atoms with Crippen molar-refractivity contribution in [2.75, 3.05) is 18.1 Å². The molecule has 2 aliphatic carbocycles. The number of rotatable bonds is 6. The maximum Gasteiger partial charge on any atom is 0.228 e. The van der Waals surface area contributed by atoms with Crippen molar-refractivity contribution >= 4 is 45.7 Å². The van der Waals surface area contributed by atoms with E-state index in [4.69, 9.17) is 10.7 Å². The van der Waals surface area contributed by atoms with E-state index in [-0.39, 0.29) is 11.8 Å². The molecule has 0 aromatic carbocycles. The van der Waals surface area contributed by atoms with Gasteiger partial charge in [-0.05, 0) is 57.1 Å². The van der Waals surface area contributed by atoms with Crippen molar-refractivity contribution in [2.24, 2.45) is 10.9 Å². The lowest BCUT2D eigenvalue weighted by atomic mass is 9.92. The molecule has 2 aliphatic rings. The third-order valence-electron chi connectivity index (χ3n) is 5.98. The predicted octanol–water partition coefficient (Wildman–Crippen LogP) is 5.01. The number of nitrogens with zero attached hydrogens (tertiary/aromatic N) is 3. The second-order valence-corrected chi connectivity index (χ2v) is 8.16. The summed E-state index contributed by atoms with van der Waals surface area (Å²) >= 11 is 0. The van der Waals surface area contributed by atoms with Gasteiger partial charge in [-0.2, -0.15) is 0 Å². The SMILES string of the molecule is CC/C(C)=C(\C=NC)c1nc(N)c2cnc(NC(=O)C3CC3)cc2c1C1=CCCC1. The van der Waals surface area contributed by atoms with Gasteiger partial charge in [-0.3, -0.25) is 9.79 Å². The van der Waals surface area contributed by atoms with Crippen LogP contribution in [0, 0.1) is 5.92 Å². The number of pyridine rings is 2. The summed E-state index contributed by atoms with van der Waals surface area (Å²) in [7, 11) is 1.78. The Hall–Kier alpha value is -3.02. The Kier molecular flexibility index (Phi) is 5.66. The normalized spacial score (nSPS) is 17.4. The van der Waals surface area contributed by atoms with E-state index in [1.165, 1.54) is 11.1 Å². The summed E-state index contributed by atoms with van der Waals surface area (Å²) in [6, 6.07) is 1.95. The second kappa shape index (κ2) is 8.38. The second-order valence-electron chi connectivity index (χ2n) is 8.16. The van der Waals surface area contributed by atoms with E-state index >= 15 is 0 Å². The van der Waals surface area contributed by atoms with Gasteiger partial charge in [-0.15, -0.1) is 0 Å².